The Kier molecular flexibility index (Phi) is 27.1. The van der Waals surface area contributed by atoms with Crippen molar-refractivity contribution >= 4 is 86.5 Å². The molecule has 0 aliphatic carbocycles. The predicted octanol–water partition coefficient (Wildman–Crippen LogP) is 2.94. The van der Waals surface area contributed by atoms with Crippen molar-refractivity contribution in [3.05, 3.63) is 151 Å². The van der Waals surface area contributed by atoms with E-state index in [2.05, 4.69) is 58.5 Å². The zero-order chi connectivity index (χ0) is 86.3. The second kappa shape index (κ2) is 36.4. The zero-order valence-corrected chi connectivity index (χ0v) is 68.1. The van der Waals surface area contributed by atoms with Gasteiger partial charge in [0.15, 0.2) is 36.2 Å². The van der Waals surface area contributed by atoms with E-state index in [0.717, 1.165) is 58.6 Å². The smallest absolute Gasteiger partial charge is 0.330 e. The molecule has 7 amide bonds. The van der Waals surface area contributed by atoms with Crippen molar-refractivity contribution in [2.75, 3.05) is 13.7 Å². The van der Waals surface area contributed by atoms with Crippen LogP contribution in [-0.4, -0.2) is 215 Å². The van der Waals surface area contributed by atoms with E-state index < -0.39 is 261 Å². The number of halogens is 3. The Labute approximate surface area is 698 Å². The number of phenolic OH excluding ortho intramolecular Hbond substituents is 3. The number of carboxylic acid groups (broad SMARTS) is 1. The SMILES string of the molecule is CN[C@H](CC(C)C)C(=O)N[C@H]1C(=O)N[C@@H](CC(N)=O)C(=O)N[C@H]2C(=O)N[C@H]3C(=O)N[C@H](C(=O)N[C@@H](C(=O)O)c4cc(O)cc(O)c4-c4cc3ccc4O)[C@H](O[C@H]3C[C@](C)(N)[C@H](O)[C@H](C)O3)c3ccc(c(Cl)c3)Oc3cc2cc(c3O[C@@H]2O[C@H](CO)[C@@H](O)[C@H](O)[C@H]2O[C@H]2C[C@](C)(NCc3cccc(Br)c3)[C@H](O)[C@H](C)O2)Oc2ccc(cc2Cl)[C@H]1O. The van der Waals surface area contributed by atoms with Gasteiger partial charge in [0.1, 0.15) is 89.5 Å². The fourth-order valence-electron chi connectivity index (χ4n) is 15.4. The van der Waals surface area contributed by atoms with E-state index in [-0.39, 0.29) is 59.2 Å². The number of aromatic hydroxyl groups is 3. The molecule has 14 rings (SSSR count). The van der Waals surface area contributed by atoms with Crippen molar-refractivity contribution in [1.82, 2.24) is 42.5 Å². The number of ether oxygens (including phenoxy) is 8. The van der Waals surface area contributed by atoms with Crippen LogP contribution in [0.25, 0.3) is 11.1 Å². The van der Waals surface area contributed by atoms with E-state index in [0.29, 0.717) is 0 Å². The average Bonchev–Trinajstić information content (AvgIpc) is 0.768. The largest absolute Gasteiger partial charge is 0.508 e. The van der Waals surface area contributed by atoms with Gasteiger partial charge >= 0.3 is 5.97 Å². The van der Waals surface area contributed by atoms with Gasteiger partial charge in [0.05, 0.1) is 53.5 Å². The Morgan fingerprint density at radius 3 is 1.92 bits per heavy atom. The van der Waals surface area contributed by atoms with Gasteiger partial charge < -0.3 is 143 Å². The highest BCUT2D eigenvalue weighted by molar-refractivity contribution is 9.10. The number of carbonyl (C=O) groups excluding carboxylic acids is 7. The summed E-state index contributed by atoms with van der Waals surface area (Å²) in [5, 5.41) is 137. The highest BCUT2D eigenvalue weighted by Gasteiger charge is 2.53. The summed E-state index contributed by atoms with van der Waals surface area (Å²) in [5.41, 5.74) is 7.83. The molecular formula is C80H93BrCl2N10O26. The lowest BCUT2D eigenvalue weighted by Gasteiger charge is -2.48. The highest BCUT2D eigenvalue weighted by Crippen LogP contribution is 2.51. The number of fused-ring (bicyclic) bond motifs is 15. The number of primary amides is 1. The molecule has 3 fully saturated rings. The molecule has 39 heteroatoms. The number of nitrogens with two attached hydrogens (primary N) is 2. The Hall–Kier alpha value is -9.62. The third-order valence-electron chi connectivity index (χ3n) is 21.7. The molecule has 0 aromatic heterocycles. The summed E-state index contributed by atoms with van der Waals surface area (Å²) in [4.78, 5) is 121. The van der Waals surface area contributed by atoms with E-state index in [1.54, 1.807) is 13.8 Å². The van der Waals surface area contributed by atoms with Crippen LogP contribution in [0.1, 0.15) is 131 Å². The normalized spacial score (nSPS) is 30.7. The maximum atomic E-state index is 16.5. The lowest BCUT2D eigenvalue weighted by atomic mass is 9.84. The monoisotopic (exact) mass is 1760 g/mol. The van der Waals surface area contributed by atoms with Crippen LogP contribution in [0.4, 0.5) is 0 Å². The summed E-state index contributed by atoms with van der Waals surface area (Å²) in [6.45, 7) is 9.09. The van der Waals surface area contributed by atoms with Crippen LogP contribution in [0.3, 0.4) is 0 Å². The minimum absolute atomic E-state index is 0.115. The van der Waals surface area contributed by atoms with E-state index in [9.17, 15) is 65.4 Å². The molecule has 640 valence electrons. The quantitative estimate of drug-likeness (QED) is 0.0588. The third kappa shape index (κ3) is 19.4. The molecule has 0 saturated carbocycles. The third-order valence-corrected chi connectivity index (χ3v) is 22.8. The number of amides is 7. The number of benzene rings is 6. The average molecular weight is 1760 g/mol. The van der Waals surface area contributed by atoms with Gasteiger partial charge in [0.2, 0.25) is 53.4 Å². The highest BCUT2D eigenvalue weighted by atomic mass is 79.9. The molecule has 0 spiro atoms. The second-order valence-electron chi connectivity index (χ2n) is 31.1. The van der Waals surface area contributed by atoms with Crippen LogP contribution < -0.4 is 68.2 Å². The summed E-state index contributed by atoms with van der Waals surface area (Å²) in [6.07, 6.45) is -22.7. The molecule has 11 bridgehead atoms. The topological polar surface area (TPSA) is 561 Å². The fraction of sp³-hybridized carbons (Fsp3) is 0.450. The minimum atomic E-state index is -2.39. The molecule has 119 heavy (non-hydrogen) atoms. The summed E-state index contributed by atoms with van der Waals surface area (Å²) in [6, 6.07) is 7.01. The summed E-state index contributed by atoms with van der Waals surface area (Å²) in [5.74, 6) is -16.1. The maximum Gasteiger partial charge on any atom is 0.330 e. The van der Waals surface area contributed by atoms with Crippen molar-refractivity contribution in [3.63, 3.8) is 0 Å². The van der Waals surface area contributed by atoms with Crippen LogP contribution in [0.2, 0.25) is 10.0 Å². The van der Waals surface area contributed by atoms with Gasteiger partial charge in [-0.1, -0.05) is 83.3 Å². The van der Waals surface area contributed by atoms with Gasteiger partial charge in [-0.2, -0.15) is 0 Å². The number of hydrogen-bond donors (Lipinski definition) is 20. The Morgan fingerprint density at radius 2 is 1.30 bits per heavy atom. The molecule has 6 aromatic carbocycles. The summed E-state index contributed by atoms with van der Waals surface area (Å²) >= 11 is 18.1. The van der Waals surface area contributed by atoms with Gasteiger partial charge in [-0.05, 0) is 142 Å². The van der Waals surface area contributed by atoms with E-state index in [4.69, 9.17) is 72.6 Å². The summed E-state index contributed by atoms with van der Waals surface area (Å²) in [7, 11) is 1.48. The molecule has 3 saturated heterocycles. The van der Waals surface area contributed by atoms with Crippen LogP contribution in [0.15, 0.2) is 108 Å². The number of aliphatic hydroxyl groups is 6. The van der Waals surface area contributed by atoms with Crippen LogP contribution in [-0.2, 0) is 68.6 Å². The molecule has 8 heterocycles. The first kappa shape index (κ1) is 88.7. The number of aliphatic hydroxyl groups excluding tert-OH is 6. The number of phenols is 3. The lowest BCUT2D eigenvalue weighted by molar-refractivity contribution is -0.334. The van der Waals surface area contributed by atoms with Crippen molar-refractivity contribution in [2.45, 2.75) is 207 Å². The van der Waals surface area contributed by atoms with Gasteiger partial charge in [0.25, 0.3) is 0 Å². The van der Waals surface area contributed by atoms with E-state index in [1.807, 2.05) is 38.1 Å². The standard InChI is InChI=1S/C80H93BrCl2N10O26/c1-31(2)17-45(86-7)71(104)92-61-63(99)36-12-15-49(43(82)20-36)114-51-22-38-23-52(67(51)119-78-68(65(101)64(100)53(30-94)116-78)118-56-28-80(6,70(103)33(4)113-56)87-29-34-9-8-10-39(81)18-34)115-50-16-13-37(21-44(50)83)66(117-55-27-79(5,85)69(102)32(3)112-55)62-76(109)91-60(77(110)111)42-24-40(95)25-48(97)57(42)41-19-35(11-14-47(41)96)58(73(106)93-62)90-74(107)59(38)89-72(105)46(26-54(84)98)88-75(61)108/h8-16,18-25,31-33,45-46,53,55-56,58-66,68-70,78,86-87,94-97,99-103H,17,26-30,85H2,1-7H3,(H2,84,98)(H,88,108)(H,89,105)(H,90,107)(H,91,109)(H,92,104)(H,93,106)(H,110,111)/t32-,33-,45+,46-,53+,55-,56-,58+,59+,60+,61+,62-,63+,64+,65-,66+,68+,69+,70+,78-,79-,80-/m0/s1. The van der Waals surface area contributed by atoms with Crippen molar-refractivity contribution in [1.29, 1.82) is 0 Å². The first-order chi connectivity index (χ1) is 56.2. The minimum Gasteiger partial charge on any atom is -0.508 e. The number of likely N-dealkylation sites (N-methyl/N-ethyl adjacent to an activating group) is 1. The molecule has 6 aromatic rings. The molecule has 0 unspecified atom stereocenters. The number of aliphatic carboxylic acids is 1. The Balaban J connectivity index is 1.10. The molecule has 36 nitrogen and oxygen atoms in total. The van der Waals surface area contributed by atoms with Crippen molar-refractivity contribution < 1.29 is 127 Å². The molecule has 8 aliphatic rings. The van der Waals surface area contributed by atoms with Gasteiger partial charge in [-0.25, -0.2) is 4.79 Å². The van der Waals surface area contributed by atoms with Gasteiger partial charge in [-0.15, -0.1) is 0 Å². The molecule has 0 radical (unpaired) electrons. The molecular weight excluding hydrogens is 1670 g/mol. The van der Waals surface area contributed by atoms with Gasteiger partial charge in [0, 0.05) is 57.7 Å². The van der Waals surface area contributed by atoms with Gasteiger partial charge in [-0.3, -0.25) is 33.6 Å². The number of carboxylic acids is 1. The van der Waals surface area contributed by atoms with E-state index >= 15 is 24.0 Å². The second-order valence-corrected chi connectivity index (χ2v) is 32.9. The summed E-state index contributed by atoms with van der Waals surface area (Å²) < 4.78 is 53.4. The number of hydrogen-bond acceptors (Lipinski definition) is 28. The Bertz CT molecular complexity index is 4880. The Morgan fingerprint density at radius 1 is 0.681 bits per heavy atom. The molecule has 22 N–H and O–H groups in total. The lowest BCUT2D eigenvalue weighted by Crippen LogP contribution is -2.65. The molecule has 8 aliphatic heterocycles. The fourth-order valence-corrected chi connectivity index (χ4v) is 16.3. The first-order valence-corrected chi connectivity index (χ1v) is 39.5. The number of rotatable bonds is 18. The first-order valence-electron chi connectivity index (χ1n) is 38.0. The number of nitrogens with one attached hydrogen (secondary N) is 8. The zero-order valence-electron chi connectivity index (χ0n) is 65.0. The van der Waals surface area contributed by atoms with E-state index in [1.165, 1.54) is 51.2 Å². The maximum absolute atomic E-state index is 16.5. The predicted molar refractivity (Wildman–Crippen MR) is 423 cm³/mol. The van der Waals surface area contributed by atoms with Crippen molar-refractivity contribution in [2.24, 2.45) is 17.4 Å². The van der Waals surface area contributed by atoms with Crippen molar-refractivity contribution in [3.8, 4) is 57.1 Å². The van der Waals surface area contributed by atoms with Crippen LogP contribution in [0.5, 0.6) is 46.0 Å². The van der Waals surface area contributed by atoms with Crippen LogP contribution >= 0.6 is 39.1 Å². The number of carbonyl (C=O) groups is 8. The van der Waals surface area contributed by atoms with Crippen LogP contribution in [0, 0.1) is 5.92 Å². The molecule has 22 atom stereocenters.